The summed E-state index contributed by atoms with van der Waals surface area (Å²) in [5.41, 5.74) is -0.461. The predicted octanol–water partition coefficient (Wildman–Crippen LogP) is 4.85. The van der Waals surface area contributed by atoms with Crippen LogP contribution < -0.4 is 0 Å². The lowest BCUT2D eigenvalue weighted by Crippen LogP contribution is -2.58. The van der Waals surface area contributed by atoms with Crippen LogP contribution >= 0.6 is 0 Å². The first-order valence-electron chi connectivity index (χ1n) is 7.39. The zero-order valence-electron chi connectivity index (χ0n) is 15.1. The Bertz CT molecular complexity index is 320. The molecule has 20 heavy (non-hydrogen) atoms. The van der Waals surface area contributed by atoms with Gasteiger partial charge in [-0.25, -0.2) is 4.21 Å². The van der Waals surface area contributed by atoms with Gasteiger partial charge in [0.25, 0.3) is 0 Å². The second kappa shape index (κ2) is 6.05. The Morgan fingerprint density at radius 2 is 1.00 bits per heavy atom. The third kappa shape index (κ3) is 6.68. The minimum atomic E-state index is -1.98. The molecule has 0 saturated carbocycles. The first-order valence-corrected chi connectivity index (χ1v) is 8.46. The van der Waals surface area contributed by atoms with Crippen molar-refractivity contribution in [3.63, 3.8) is 0 Å². The molecule has 0 aliphatic heterocycles. The Morgan fingerprint density at radius 1 is 0.750 bits per heavy atom. The summed E-state index contributed by atoms with van der Waals surface area (Å²) in [7, 11) is 0. The standard InChI is InChI=1S/C16H35NO2S/c1-13(2,3)11-15(7,8)17(20(18)19)16(9,10)12-14(4,5)6/h11-12H2,1-10H3,(H,18,19). The van der Waals surface area contributed by atoms with Gasteiger partial charge in [0.2, 0.25) is 11.3 Å². The Labute approximate surface area is 128 Å². The second-order valence-electron chi connectivity index (χ2n) is 9.62. The third-order valence-corrected chi connectivity index (χ3v) is 4.48. The zero-order valence-corrected chi connectivity index (χ0v) is 15.9. The van der Waals surface area contributed by atoms with E-state index in [1.807, 2.05) is 0 Å². The van der Waals surface area contributed by atoms with Gasteiger partial charge in [0.15, 0.2) is 0 Å². The average Bonchev–Trinajstić information content (AvgIpc) is 1.87. The van der Waals surface area contributed by atoms with Crippen molar-refractivity contribution in [1.29, 1.82) is 0 Å². The molecule has 0 spiro atoms. The number of nitrogens with zero attached hydrogens (tertiary/aromatic N) is 1. The van der Waals surface area contributed by atoms with Crippen LogP contribution in [0.4, 0.5) is 0 Å². The average molecular weight is 306 g/mol. The lowest BCUT2D eigenvalue weighted by molar-refractivity contribution is 0.0487. The maximum absolute atomic E-state index is 12.0. The highest BCUT2D eigenvalue weighted by molar-refractivity contribution is 7.76. The summed E-state index contributed by atoms with van der Waals surface area (Å²) in [5, 5.41) is 0. The highest BCUT2D eigenvalue weighted by Gasteiger charge is 2.44. The molecule has 0 amide bonds. The van der Waals surface area contributed by atoms with Crippen molar-refractivity contribution in [2.24, 2.45) is 10.8 Å². The van der Waals surface area contributed by atoms with Crippen LogP contribution in [0, 0.1) is 10.8 Å². The molecule has 3 nitrogen and oxygen atoms in total. The van der Waals surface area contributed by atoms with Crippen LogP contribution in [0.1, 0.15) is 82.1 Å². The molecule has 0 fully saturated rings. The maximum atomic E-state index is 12.0. The molecule has 1 atom stereocenters. The molecule has 1 N–H and O–H groups in total. The Hall–Kier alpha value is 0.0700. The lowest BCUT2D eigenvalue weighted by Gasteiger charge is -2.49. The number of hydrogen-bond donors (Lipinski definition) is 1. The van der Waals surface area contributed by atoms with Gasteiger partial charge in [-0.1, -0.05) is 41.5 Å². The van der Waals surface area contributed by atoms with Crippen LogP contribution in [0.15, 0.2) is 0 Å². The van der Waals surface area contributed by atoms with Gasteiger partial charge in [-0.15, -0.1) is 0 Å². The van der Waals surface area contributed by atoms with Gasteiger partial charge >= 0.3 is 0 Å². The van der Waals surface area contributed by atoms with Crippen molar-refractivity contribution in [3.05, 3.63) is 0 Å². The van der Waals surface area contributed by atoms with Gasteiger partial charge in [-0.2, -0.15) is 4.31 Å². The predicted molar refractivity (Wildman–Crippen MR) is 88.9 cm³/mol. The van der Waals surface area contributed by atoms with Gasteiger partial charge in [0.1, 0.15) is 0 Å². The second-order valence-corrected chi connectivity index (χ2v) is 10.5. The molecule has 0 aliphatic carbocycles. The number of hydrogen-bond acceptors (Lipinski definition) is 1. The summed E-state index contributed by atoms with van der Waals surface area (Å²) in [4.78, 5) is 0. The van der Waals surface area contributed by atoms with E-state index in [0.717, 1.165) is 12.8 Å². The minimum Gasteiger partial charge on any atom is -0.294 e. The van der Waals surface area contributed by atoms with E-state index >= 15 is 0 Å². The summed E-state index contributed by atoms with van der Waals surface area (Å²) in [6, 6.07) is 0. The molecular formula is C16H35NO2S. The molecule has 0 aliphatic rings. The van der Waals surface area contributed by atoms with Gasteiger partial charge in [0, 0.05) is 11.1 Å². The van der Waals surface area contributed by atoms with E-state index in [9.17, 15) is 8.76 Å². The normalized spacial score (nSPS) is 16.6. The van der Waals surface area contributed by atoms with Crippen molar-refractivity contribution in [1.82, 2.24) is 4.31 Å². The van der Waals surface area contributed by atoms with E-state index in [1.165, 1.54) is 0 Å². The van der Waals surface area contributed by atoms with Crippen LogP contribution in [0.5, 0.6) is 0 Å². The van der Waals surface area contributed by atoms with Crippen LogP contribution in [0.25, 0.3) is 0 Å². The molecule has 0 bridgehead atoms. The molecule has 4 heteroatoms. The highest BCUT2D eigenvalue weighted by Crippen LogP contribution is 2.40. The van der Waals surface area contributed by atoms with Crippen molar-refractivity contribution < 1.29 is 8.76 Å². The SMILES string of the molecule is CC(C)(C)CC(C)(C)N(S(=O)O)C(C)(C)CC(C)(C)C. The summed E-state index contributed by atoms with van der Waals surface area (Å²) in [6.07, 6.45) is 1.72. The molecule has 122 valence electrons. The molecule has 0 aromatic carbocycles. The van der Waals surface area contributed by atoms with E-state index < -0.39 is 11.3 Å². The smallest absolute Gasteiger partial charge is 0.235 e. The van der Waals surface area contributed by atoms with Gasteiger partial charge < -0.3 is 0 Å². The molecule has 0 radical (unpaired) electrons. The molecule has 0 rings (SSSR count). The molecule has 0 heterocycles. The maximum Gasteiger partial charge on any atom is 0.235 e. The van der Waals surface area contributed by atoms with Crippen molar-refractivity contribution >= 4 is 11.3 Å². The van der Waals surface area contributed by atoms with Crippen LogP contribution in [0.3, 0.4) is 0 Å². The van der Waals surface area contributed by atoms with Crippen LogP contribution in [-0.4, -0.2) is 24.1 Å². The molecular weight excluding hydrogens is 270 g/mol. The van der Waals surface area contributed by atoms with E-state index in [0.29, 0.717) is 0 Å². The van der Waals surface area contributed by atoms with Crippen molar-refractivity contribution in [3.8, 4) is 0 Å². The minimum absolute atomic E-state index is 0.110. The first kappa shape index (κ1) is 20.1. The Morgan fingerprint density at radius 3 is 1.15 bits per heavy atom. The highest BCUT2D eigenvalue weighted by atomic mass is 32.2. The van der Waals surface area contributed by atoms with E-state index in [4.69, 9.17) is 0 Å². The van der Waals surface area contributed by atoms with Gasteiger partial charge in [-0.3, -0.25) is 4.55 Å². The fourth-order valence-electron chi connectivity index (χ4n) is 3.98. The first-order chi connectivity index (χ1) is 8.48. The van der Waals surface area contributed by atoms with E-state index in [-0.39, 0.29) is 21.9 Å². The lowest BCUT2D eigenvalue weighted by atomic mass is 9.77. The van der Waals surface area contributed by atoms with E-state index in [2.05, 4.69) is 69.2 Å². The summed E-state index contributed by atoms with van der Waals surface area (Å²) >= 11 is -1.98. The van der Waals surface area contributed by atoms with Gasteiger partial charge in [-0.05, 0) is 51.4 Å². The quantitative estimate of drug-likeness (QED) is 0.737. The molecule has 0 saturated heterocycles. The Kier molecular flexibility index (Phi) is 6.08. The largest absolute Gasteiger partial charge is 0.294 e. The van der Waals surface area contributed by atoms with Crippen molar-refractivity contribution in [2.75, 3.05) is 0 Å². The fraction of sp³-hybridized carbons (Fsp3) is 1.00. The van der Waals surface area contributed by atoms with E-state index in [1.54, 1.807) is 4.31 Å². The molecule has 0 aromatic rings. The van der Waals surface area contributed by atoms with Gasteiger partial charge in [0.05, 0.1) is 0 Å². The molecule has 0 aromatic heterocycles. The fourth-order valence-corrected chi connectivity index (χ4v) is 4.96. The summed E-state index contributed by atoms with van der Waals surface area (Å²) < 4.78 is 23.7. The topological polar surface area (TPSA) is 40.5 Å². The summed E-state index contributed by atoms with van der Waals surface area (Å²) in [5.74, 6) is 0. The summed E-state index contributed by atoms with van der Waals surface area (Å²) in [6.45, 7) is 21.3. The number of rotatable bonds is 5. The molecule has 1 unspecified atom stereocenters. The third-order valence-electron chi connectivity index (χ3n) is 3.18. The Balaban J connectivity index is 5.49. The van der Waals surface area contributed by atoms with Crippen molar-refractivity contribution in [2.45, 2.75) is 93.2 Å². The van der Waals surface area contributed by atoms with Crippen LogP contribution in [0.2, 0.25) is 0 Å². The monoisotopic (exact) mass is 305 g/mol. The van der Waals surface area contributed by atoms with Crippen LogP contribution in [-0.2, 0) is 11.3 Å². The zero-order chi connectivity index (χ0) is 16.6.